The van der Waals surface area contributed by atoms with Crippen LogP contribution in [0.3, 0.4) is 0 Å². The summed E-state index contributed by atoms with van der Waals surface area (Å²) < 4.78 is 5.17. The minimum atomic E-state index is 0.205. The van der Waals surface area contributed by atoms with Crippen molar-refractivity contribution in [3.8, 4) is 5.75 Å². The van der Waals surface area contributed by atoms with Crippen LogP contribution < -0.4 is 4.74 Å². The third kappa shape index (κ3) is 4.07. The maximum absolute atomic E-state index is 12.6. The number of benzene rings is 2. The normalized spacial score (nSPS) is 27.5. The van der Waals surface area contributed by atoms with Crippen LogP contribution in [0.15, 0.2) is 59.5 Å². The maximum atomic E-state index is 12.6. The number of carbonyl (C=O) groups excluding carboxylic acids is 1. The maximum Gasteiger partial charge on any atom is 0.176 e. The van der Waals surface area contributed by atoms with Gasteiger partial charge in [0.25, 0.3) is 0 Å². The molecule has 2 aliphatic rings. The van der Waals surface area contributed by atoms with Gasteiger partial charge in [-0.1, -0.05) is 25.1 Å². The lowest BCUT2D eigenvalue weighted by Gasteiger charge is -2.24. The molecule has 2 aromatic carbocycles. The molecule has 1 heterocycles. The van der Waals surface area contributed by atoms with E-state index in [0.717, 1.165) is 24.4 Å². The largest absolute Gasteiger partial charge is 0.497 e. The highest BCUT2D eigenvalue weighted by molar-refractivity contribution is 8.00. The van der Waals surface area contributed by atoms with Crippen LogP contribution in [0.4, 0.5) is 0 Å². The fourth-order valence-electron chi connectivity index (χ4n) is 4.72. The Kier molecular flexibility index (Phi) is 5.29. The Morgan fingerprint density at radius 1 is 1.19 bits per heavy atom. The van der Waals surface area contributed by atoms with Crippen molar-refractivity contribution in [2.75, 3.05) is 26.7 Å². The van der Waals surface area contributed by atoms with Crippen molar-refractivity contribution in [2.24, 2.45) is 11.3 Å². The van der Waals surface area contributed by atoms with Crippen LogP contribution in [-0.4, -0.2) is 42.7 Å². The second-order valence-electron chi connectivity index (χ2n) is 8.16. The molecule has 2 fully saturated rings. The molecule has 27 heavy (non-hydrogen) atoms. The van der Waals surface area contributed by atoms with Crippen molar-refractivity contribution in [3.63, 3.8) is 0 Å². The predicted molar refractivity (Wildman–Crippen MR) is 111 cm³/mol. The lowest BCUT2D eigenvalue weighted by molar-refractivity contribution is 0.0937. The van der Waals surface area contributed by atoms with Crippen molar-refractivity contribution >= 4 is 17.5 Å². The van der Waals surface area contributed by atoms with Crippen molar-refractivity contribution in [1.82, 2.24) is 4.90 Å². The Morgan fingerprint density at radius 2 is 1.93 bits per heavy atom. The van der Waals surface area contributed by atoms with Crippen molar-refractivity contribution < 1.29 is 9.53 Å². The summed E-state index contributed by atoms with van der Waals surface area (Å²) in [5.74, 6) is 1.69. The minimum Gasteiger partial charge on any atom is -0.497 e. The highest BCUT2D eigenvalue weighted by Gasteiger charge is 2.49. The lowest BCUT2D eigenvalue weighted by atomic mass is 9.83. The topological polar surface area (TPSA) is 29.5 Å². The van der Waals surface area contributed by atoms with Gasteiger partial charge in [-0.2, -0.15) is 0 Å². The van der Waals surface area contributed by atoms with E-state index in [9.17, 15) is 4.79 Å². The summed E-state index contributed by atoms with van der Waals surface area (Å²) in [6.07, 6.45) is 2.49. The van der Waals surface area contributed by atoms with Gasteiger partial charge < -0.3 is 4.74 Å². The molecule has 0 amide bonds. The van der Waals surface area contributed by atoms with E-state index < -0.39 is 0 Å². The number of thioether (sulfide) groups is 1. The van der Waals surface area contributed by atoms with Gasteiger partial charge in [0.15, 0.2) is 5.78 Å². The molecule has 3 nitrogen and oxygen atoms in total. The number of fused-ring (bicyclic) bond motifs is 1. The summed E-state index contributed by atoms with van der Waals surface area (Å²) >= 11 is 2.02. The number of ether oxygens (including phenoxy) is 1. The molecule has 142 valence electrons. The fraction of sp³-hybridized carbons (Fsp3) is 0.435. The first-order valence-corrected chi connectivity index (χ1v) is 10.5. The summed E-state index contributed by atoms with van der Waals surface area (Å²) in [7, 11) is 1.64. The van der Waals surface area contributed by atoms with E-state index in [1.165, 1.54) is 17.7 Å². The average Bonchev–Trinajstić information content (AvgIpc) is 3.12. The fourth-order valence-corrected chi connectivity index (χ4v) is 6.21. The van der Waals surface area contributed by atoms with Crippen LogP contribution in [-0.2, 0) is 0 Å². The zero-order valence-electron chi connectivity index (χ0n) is 16.1. The monoisotopic (exact) mass is 381 g/mol. The first kappa shape index (κ1) is 18.6. The Bertz CT molecular complexity index is 792. The quantitative estimate of drug-likeness (QED) is 0.674. The molecular formula is C23H27NO2S. The number of ketones is 1. The second kappa shape index (κ2) is 7.69. The standard InChI is InChI=1S/C23H27NO2S/c1-23-13-21(27-20-6-4-3-5-7-20)12-18(23)14-24(16-23)15-22(25)17-8-10-19(26-2)11-9-17/h3-11,18,21H,12-16H2,1-2H3/t18-,21+,23+/m1/s1. The minimum absolute atomic E-state index is 0.205. The van der Waals surface area contributed by atoms with Crippen LogP contribution in [0.2, 0.25) is 0 Å². The zero-order chi connectivity index (χ0) is 18.9. The molecule has 1 saturated carbocycles. The van der Waals surface area contributed by atoms with Gasteiger partial charge in [-0.25, -0.2) is 0 Å². The van der Waals surface area contributed by atoms with Gasteiger partial charge in [0, 0.05) is 28.8 Å². The van der Waals surface area contributed by atoms with E-state index in [-0.39, 0.29) is 5.78 Å². The van der Waals surface area contributed by atoms with E-state index in [4.69, 9.17) is 4.74 Å². The number of likely N-dealkylation sites (tertiary alicyclic amines) is 1. The Labute approximate surface area is 166 Å². The Balaban J connectivity index is 1.33. The summed E-state index contributed by atoms with van der Waals surface area (Å²) in [5, 5.41) is 0.696. The third-order valence-electron chi connectivity index (χ3n) is 6.12. The van der Waals surface area contributed by atoms with E-state index in [1.54, 1.807) is 7.11 Å². The lowest BCUT2D eigenvalue weighted by Crippen LogP contribution is -2.30. The number of rotatable bonds is 6. The summed E-state index contributed by atoms with van der Waals surface area (Å²) in [4.78, 5) is 16.4. The molecule has 1 aliphatic carbocycles. The first-order chi connectivity index (χ1) is 13.1. The van der Waals surface area contributed by atoms with Crippen LogP contribution in [0.5, 0.6) is 5.75 Å². The number of carbonyl (C=O) groups is 1. The second-order valence-corrected chi connectivity index (χ2v) is 9.54. The van der Waals surface area contributed by atoms with Crippen molar-refractivity contribution in [3.05, 3.63) is 60.2 Å². The summed E-state index contributed by atoms with van der Waals surface area (Å²) in [6, 6.07) is 18.2. The first-order valence-electron chi connectivity index (χ1n) is 9.67. The van der Waals surface area contributed by atoms with Gasteiger partial charge in [0.1, 0.15) is 5.75 Å². The molecule has 3 atom stereocenters. The molecule has 1 saturated heterocycles. The van der Waals surface area contributed by atoms with Crippen LogP contribution in [0, 0.1) is 11.3 Å². The van der Waals surface area contributed by atoms with Crippen LogP contribution >= 0.6 is 11.8 Å². The van der Waals surface area contributed by atoms with Crippen molar-refractivity contribution in [2.45, 2.75) is 29.9 Å². The van der Waals surface area contributed by atoms with Gasteiger partial charge in [-0.15, -0.1) is 11.8 Å². The Hall–Kier alpha value is -1.78. The highest BCUT2D eigenvalue weighted by Crippen LogP contribution is 2.52. The van der Waals surface area contributed by atoms with Gasteiger partial charge in [-0.3, -0.25) is 9.69 Å². The van der Waals surface area contributed by atoms with E-state index >= 15 is 0 Å². The van der Waals surface area contributed by atoms with Gasteiger partial charge in [0.05, 0.1) is 13.7 Å². The van der Waals surface area contributed by atoms with Gasteiger partial charge in [-0.05, 0) is 60.6 Å². The average molecular weight is 382 g/mol. The summed E-state index contributed by atoms with van der Waals surface area (Å²) in [6.45, 7) is 5.02. The molecule has 4 rings (SSSR count). The van der Waals surface area contributed by atoms with Gasteiger partial charge in [0.2, 0.25) is 0 Å². The highest BCUT2D eigenvalue weighted by atomic mass is 32.2. The smallest absolute Gasteiger partial charge is 0.176 e. The number of hydrogen-bond donors (Lipinski definition) is 0. The van der Waals surface area contributed by atoms with Crippen molar-refractivity contribution in [1.29, 1.82) is 0 Å². The SMILES string of the molecule is COc1ccc(C(=O)CN2C[C@H]3C[C@H](Sc4ccccc4)C[C@@]3(C)C2)cc1. The van der Waals surface area contributed by atoms with Gasteiger partial charge >= 0.3 is 0 Å². The molecule has 4 heteroatoms. The molecule has 2 aromatic rings. The van der Waals surface area contributed by atoms with E-state index in [0.29, 0.717) is 23.1 Å². The number of methoxy groups -OCH3 is 1. The van der Waals surface area contributed by atoms with Crippen LogP contribution in [0.1, 0.15) is 30.1 Å². The molecular weight excluding hydrogens is 354 g/mol. The molecule has 0 radical (unpaired) electrons. The number of nitrogens with zero attached hydrogens (tertiary/aromatic N) is 1. The van der Waals surface area contributed by atoms with E-state index in [2.05, 4.69) is 42.2 Å². The predicted octanol–water partition coefficient (Wildman–Crippen LogP) is 4.77. The molecule has 0 aromatic heterocycles. The molecule has 0 spiro atoms. The Morgan fingerprint density at radius 3 is 2.59 bits per heavy atom. The third-order valence-corrected chi connectivity index (χ3v) is 7.35. The molecule has 1 aliphatic heterocycles. The van der Waals surface area contributed by atoms with E-state index in [1.807, 2.05) is 36.0 Å². The molecule has 0 unspecified atom stereocenters. The number of Topliss-reactive ketones (excluding diaryl/α,β-unsaturated/α-hetero) is 1. The summed E-state index contributed by atoms with van der Waals surface area (Å²) in [5.41, 5.74) is 1.11. The molecule has 0 N–H and O–H groups in total. The molecule has 0 bridgehead atoms. The van der Waals surface area contributed by atoms with Crippen LogP contribution in [0.25, 0.3) is 0 Å². The zero-order valence-corrected chi connectivity index (χ0v) is 16.9. The number of hydrogen-bond acceptors (Lipinski definition) is 4.